The van der Waals surface area contributed by atoms with Crippen LogP contribution in [0.2, 0.25) is 0 Å². The second-order valence-electron chi connectivity index (χ2n) is 4.68. The zero-order chi connectivity index (χ0) is 14.7. The molecule has 3 rings (SSSR count). The number of phenolic OH excluding ortho intramolecular Hbond substituents is 1. The van der Waals surface area contributed by atoms with E-state index in [2.05, 4.69) is 4.99 Å². The molecule has 0 aliphatic heterocycles. The van der Waals surface area contributed by atoms with Crippen molar-refractivity contribution in [1.29, 1.82) is 0 Å². The summed E-state index contributed by atoms with van der Waals surface area (Å²) in [7, 11) is 1.64. The van der Waals surface area contributed by atoms with E-state index in [9.17, 15) is 5.11 Å². The van der Waals surface area contributed by atoms with Gasteiger partial charge in [-0.2, -0.15) is 0 Å². The number of nitrogens with zero attached hydrogens (tertiary/aromatic N) is 1. The number of aliphatic imine (C=N–C) groups is 1. The summed E-state index contributed by atoms with van der Waals surface area (Å²) in [5.74, 6) is 1.09. The third-order valence-electron chi connectivity index (χ3n) is 3.35. The third kappa shape index (κ3) is 2.72. The van der Waals surface area contributed by atoms with Gasteiger partial charge in [0.15, 0.2) is 0 Å². The number of methoxy groups -OCH3 is 1. The Morgan fingerprint density at radius 2 is 1.62 bits per heavy atom. The van der Waals surface area contributed by atoms with Gasteiger partial charge in [-0.1, -0.05) is 24.3 Å². The fourth-order valence-corrected chi connectivity index (χ4v) is 2.21. The van der Waals surface area contributed by atoms with Gasteiger partial charge in [0.1, 0.15) is 11.5 Å². The van der Waals surface area contributed by atoms with E-state index in [-0.39, 0.29) is 5.75 Å². The lowest BCUT2D eigenvalue weighted by Crippen LogP contribution is -1.84. The van der Waals surface area contributed by atoms with Crippen LogP contribution in [0, 0.1) is 0 Å². The van der Waals surface area contributed by atoms with Crippen molar-refractivity contribution in [1.82, 2.24) is 0 Å². The molecule has 0 fully saturated rings. The van der Waals surface area contributed by atoms with E-state index in [1.807, 2.05) is 54.6 Å². The van der Waals surface area contributed by atoms with E-state index in [1.54, 1.807) is 19.4 Å². The molecule has 0 radical (unpaired) electrons. The van der Waals surface area contributed by atoms with E-state index < -0.39 is 0 Å². The lowest BCUT2D eigenvalue weighted by atomic mass is 10.1. The summed E-state index contributed by atoms with van der Waals surface area (Å²) in [6.07, 6.45) is 1.80. The topological polar surface area (TPSA) is 41.8 Å². The largest absolute Gasteiger partial charge is 0.507 e. The molecule has 0 aromatic heterocycles. The predicted octanol–water partition coefficient (Wildman–Crippen LogP) is 4.30. The molecule has 3 aromatic carbocycles. The maximum atomic E-state index is 9.87. The van der Waals surface area contributed by atoms with Gasteiger partial charge < -0.3 is 9.84 Å². The first kappa shape index (κ1) is 13.2. The fourth-order valence-electron chi connectivity index (χ4n) is 2.21. The third-order valence-corrected chi connectivity index (χ3v) is 3.35. The lowest BCUT2D eigenvalue weighted by molar-refractivity contribution is 0.415. The molecule has 0 heterocycles. The molecular formula is C18H15NO2. The number of hydrogen-bond acceptors (Lipinski definition) is 3. The van der Waals surface area contributed by atoms with Crippen LogP contribution in [0.1, 0.15) is 5.56 Å². The van der Waals surface area contributed by atoms with Crippen LogP contribution in [0.5, 0.6) is 11.5 Å². The number of hydrogen-bond donors (Lipinski definition) is 1. The molecule has 0 saturated heterocycles. The number of benzene rings is 3. The molecule has 0 atom stereocenters. The monoisotopic (exact) mass is 277 g/mol. The van der Waals surface area contributed by atoms with Gasteiger partial charge in [0.05, 0.1) is 12.8 Å². The molecule has 0 unspecified atom stereocenters. The highest BCUT2D eigenvalue weighted by atomic mass is 16.5. The number of ether oxygens (including phenoxy) is 1. The van der Waals surface area contributed by atoms with Gasteiger partial charge in [-0.15, -0.1) is 0 Å². The van der Waals surface area contributed by atoms with Gasteiger partial charge in [0.2, 0.25) is 0 Å². The molecule has 1 N–H and O–H groups in total. The molecule has 21 heavy (non-hydrogen) atoms. The quantitative estimate of drug-likeness (QED) is 0.725. The first-order valence-electron chi connectivity index (χ1n) is 6.67. The van der Waals surface area contributed by atoms with Crippen molar-refractivity contribution >= 4 is 22.7 Å². The maximum absolute atomic E-state index is 9.87. The molecule has 0 bridgehead atoms. The van der Waals surface area contributed by atoms with Gasteiger partial charge >= 0.3 is 0 Å². The summed E-state index contributed by atoms with van der Waals surface area (Å²) >= 11 is 0. The smallest absolute Gasteiger partial charge is 0.123 e. The Hall–Kier alpha value is -2.81. The molecule has 3 nitrogen and oxygen atoms in total. The minimum Gasteiger partial charge on any atom is -0.507 e. The summed E-state index contributed by atoms with van der Waals surface area (Å²) in [5, 5.41) is 11.6. The van der Waals surface area contributed by atoms with Gasteiger partial charge in [-0.05, 0) is 42.0 Å². The van der Waals surface area contributed by atoms with Crippen molar-refractivity contribution in [2.45, 2.75) is 0 Å². The Balaban J connectivity index is 1.97. The Bertz CT molecular complexity index is 792. The average molecular weight is 277 g/mol. The summed E-state index contributed by atoms with van der Waals surface area (Å²) in [6, 6.07) is 18.9. The average Bonchev–Trinajstić information content (AvgIpc) is 2.55. The lowest BCUT2D eigenvalue weighted by Gasteiger charge is -2.04. The van der Waals surface area contributed by atoms with Crippen LogP contribution in [0.3, 0.4) is 0 Å². The van der Waals surface area contributed by atoms with Crippen molar-refractivity contribution in [3.05, 3.63) is 66.2 Å². The van der Waals surface area contributed by atoms with Crippen molar-refractivity contribution in [3.8, 4) is 11.5 Å². The van der Waals surface area contributed by atoms with Gasteiger partial charge in [0.25, 0.3) is 0 Å². The molecule has 0 saturated carbocycles. The van der Waals surface area contributed by atoms with Crippen LogP contribution >= 0.6 is 0 Å². The first-order valence-corrected chi connectivity index (χ1v) is 6.67. The van der Waals surface area contributed by atoms with E-state index in [4.69, 9.17) is 4.74 Å². The molecule has 104 valence electrons. The van der Waals surface area contributed by atoms with Crippen molar-refractivity contribution in [3.63, 3.8) is 0 Å². The highest BCUT2D eigenvalue weighted by Gasteiger charge is 2.03. The molecular weight excluding hydrogens is 262 g/mol. The molecule has 0 aliphatic rings. The van der Waals surface area contributed by atoms with Gasteiger partial charge in [-0.25, -0.2) is 0 Å². The maximum Gasteiger partial charge on any atom is 0.123 e. The first-order chi connectivity index (χ1) is 10.3. The van der Waals surface area contributed by atoms with E-state index >= 15 is 0 Å². The minimum atomic E-state index is 0.272. The predicted molar refractivity (Wildman–Crippen MR) is 85.9 cm³/mol. The SMILES string of the molecule is COc1ccc(C=Nc2ccc(O)c3ccccc23)cc1. The fraction of sp³-hybridized carbons (Fsp3) is 0.0556. The summed E-state index contributed by atoms with van der Waals surface area (Å²) < 4.78 is 5.13. The Kier molecular flexibility index (Phi) is 3.56. The van der Waals surface area contributed by atoms with Crippen LogP contribution in [-0.2, 0) is 0 Å². The van der Waals surface area contributed by atoms with Crippen molar-refractivity contribution < 1.29 is 9.84 Å². The Morgan fingerprint density at radius 1 is 0.905 bits per heavy atom. The Labute approximate surface area is 123 Å². The number of phenols is 1. The van der Waals surface area contributed by atoms with Gasteiger partial charge in [-0.3, -0.25) is 4.99 Å². The summed E-state index contributed by atoms with van der Waals surface area (Å²) in [5.41, 5.74) is 1.83. The second kappa shape index (κ2) is 5.67. The van der Waals surface area contributed by atoms with Crippen LogP contribution in [-0.4, -0.2) is 18.4 Å². The standard InChI is InChI=1S/C18H15NO2/c1-21-14-8-6-13(7-9-14)12-19-17-10-11-18(20)16-5-3-2-4-15(16)17/h2-12,20H,1H3. The molecule has 0 spiro atoms. The minimum absolute atomic E-state index is 0.272. The zero-order valence-electron chi connectivity index (χ0n) is 11.7. The van der Waals surface area contributed by atoms with Crippen LogP contribution in [0.25, 0.3) is 10.8 Å². The number of aromatic hydroxyl groups is 1. The second-order valence-corrected chi connectivity index (χ2v) is 4.68. The molecule has 3 heteroatoms. The normalized spacial score (nSPS) is 11.1. The van der Waals surface area contributed by atoms with Crippen LogP contribution in [0.15, 0.2) is 65.7 Å². The van der Waals surface area contributed by atoms with E-state index in [0.717, 1.165) is 27.8 Å². The van der Waals surface area contributed by atoms with Crippen molar-refractivity contribution in [2.75, 3.05) is 7.11 Å². The van der Waals surface area contributed by atoms with Crippen LogP contribution in [0.4, 0.5) is 5.69 Å². The molecule has 0 aliphatic carbocycles. The molecule has 3 aromatic rings. The molecule has 0 amide bonds. The number of fused-ring (bicyclic) bond motifs is 1. The highest BCUT2D eigenvalue weighted by molar-refractivity contribution is 5.98. The van der Waals surface area contributed by atoms with E-state index in [0.29, 0.717) is 0 Å². The zero-order valence-corrected chi connectivity index (χ0v) is 11.7. The highest BCUT2D eigenvalue weighted by Crippen LogP contribution is 2.32. The van der Waals surface area contributed by atoms with Gasteiger partial charge in [0, 0.05) is 17.0 Å². The van der Waals surface area contributed by atoms with Crippen LogP contribution < -0.4 is 4.74 Å². The summed E-state index contributed by atoms with van der Waals surface area (Å²) in [4.78, 5) is 4.52. The summed E-state index contributed by atoms with van der Waals surface area (Å²) in [6.45, 7) is 0. The van der Waals surface area contributed by atoms with E-state index in [1.165, 1.54) is 0 Å². The van der Waals surface area contributed by atoms with Crippen molar-refractivity contribution in [2.24, 2.45) is 4.99 Å². The number of rotatable bonds is 3. The Morgan fingerprint density at radius 3 is 2.33 bits per heavy atom.